The van der Waals surface area contributed by atoms with Crippen LogP contribution in [0, 0.1) is 6.92 Å². The highest BCUT2D eigenvalue weighted by atomic mass is 16.5. The van der Waals surface area contributed by atoms with E-state index < -0.39 is 0 Å². The fraction of sp³-hybridized carbons (Fsp3) is 0.500. The largest absolute Gasteiger partial charge is 0.493 e. The molecular formula is C14H22N4O2. The van der Waals surface area contributed by atoms with Crippen molar-refractivity contribution < 1.29 is 9.15 Å². The van der Waals surface area contributed by atoms with Crippen LogP contribution in [0.15, 0.2) is 22.7 Å². The minimum Gasteiger partial charge on any atom is -0.493 e. The molecular weight excluding hydrogens is 256 g/mol. The first-order chi connectivity index (χ1) is 9.52. The summed E-state index contributed by atoms with van der Waals surface area (Å²) >= 11 is 0. The highest BCUT2D eigenvalue weighted by Crippen LogP contribution is 2.29. The number of aromatic nitrogens is 2. The predicted molar refractivity (Wildman–Crippen MR) is 76.8 cm³/mol. The molecule has 0 radical (unpaired) electrons. The van der Waals surface area contributed by atoms with Gasteiger partial charge in [-0.2, -0.15) is 5.10 Å². The summed E-state index contributed by atoms with van der Waals surface area (Å²) in [5.74, 6) is 2.24. The molecule has 0 saturated heterocycles. The number of methoxy groups -OCH3 is 1. The van der Waals surface area contributed by atoms with Crippen molar-refractivity contribution in [3.05, 3.63) is 35.5 Å². The average Bonchev–Trinajstić information content (AvgIpc) is 3.01. The van der Waals surface area contributed by atoms with Gasteiger partial charge in [0.25, 0.3) is 0 Å². The Hall–Kier alpha value is -1.79. The van der Waals surface area contributed by atoms with Crippen molar-refractivity contribution in [2.75, 3.05) is 27.7 Å². The number of likely N-dealkylation sites (N-methyl/N-ethyl adjacent to an activating group) is 1. The number of ether oxygens (including phenoxy) is 1. The van der Waals surface area contributed by atoms with Crippen LogP contribution in [0.4, 0.5) is 0 Å². The number of hydrogen-bond acceptors (Lipinski definition) is 5. The number of hydrogen-bond donors (Lipinski definition) is 1. The van der Waals surface area contributed by atoms with Crippen molar-refractivity contribution in [1.29, 1.82) is 0 Å². The van der Waals surface area contributed by atoms with Crippen LogP contribution in [0.5, 0.6) is 5.75 Å². The molecule has 0 aliphatic carbocycles. The van der Waals surface area contributed by atoms with E-state index in [9.17, 15) is 0 Å². The lowest BCUT2D eigenvalue weighted by molar-refractivity contribution is 0.358. The van der Waals surface area contributed by atoms with E-state index >= 15 is 0 Å². The Bertz CT molecular complexity index is 559. The van der Waals surface area contributed by atoms with Crippen LogP contribution in [0.2, 0.25) is 0 Å². The van der Waals surface area contributed by atoms with Crippen LogP contribution < -0.4 is 10.5 Å². The molecule has 0 aliphatic rings. The van der Waals surface area contributed by atoms with Crippen LogP contribution in [0.25, 0.3) is 0 Å². The van der Waals surface area contributed by atoms with Gasteiger partial charge in [-0.05, 0) is 33.2 Å². The van der Waals surface area contributed by atoms with Crippen molar-refractivity contribution in [3.8, 4) is 5.75 Å². The van der Waals surface area contributed by atoms with Crippen molar-refractivity contribution in [2.24, 2.45) is 5.73 Å². The number of aryl methyl sites for hydroxylation is 1. The van der Waals surface area contributed by atoms with Gasteiger partial charge in [0.1, 0.15) is 23.3 Å². The highest BCUT2D eigenvalue weighted by Gasteiger charge is 2.22. The molecule has 20 heavy (non-hydrogen) atoms. The van der Waals surface area contributed by atoms with Crippen molar-refractivity contribution >= 4 is 0 Å². The molecule has 0 saturated carbocycles. The van der Waals surface area contributed by atoms with E-state index in [1.54, 1.807) is 13.3 Å². The van der Waals surface area contributed by atoms with E-state index in [4.69, 9.17) is 14.9 Å². The second kappa shape index (κ2) is 6.11. The van der Waals surface area contributed by atoms with Gasteiger partial charge in [0.05, 0.1) is 19.9 Å². The summed E-state index contributed by atoms with van der Waals surface area (Å²) in [6, 6.07) is 3.41. The van der Waals surface area contributed by atoms with E-state index in [0.717, 1.165) is 24.5 Å². The maximum Gasteiger partial charge on any atom is 0.162 e. The molecule has 2 rings (SSSR count). The summed E-state index contributed by atoms with van der Waals surface area (Å²) in [6.07, 6.45) is 1.70. The number of nitrogens with zero attached hydrogens (tertiary/aromatic N) is 3. The third-order valence-electron chi connectivity index (χ3n) is 3.19. The average molecular weight is 278 g/mol. The Balaban J connectivity index is 2.30. The van der Waals surface area contributed by atoms with Crippen molar-refractivity contribution in [3.63, 3.8) is 0 Å². The molecule has 0 bridgehead atoms. The lowest BCUT2D eigenvalue weighted by Gasteiger charge is -2.16. The molecule has 0 fully saturated rings. The van der Waals surface area contributed by atoms with Crippen LogP contribution in [0.1, 0.15) is 23.3 Å². The van der Waals surface area contributed by atoms with Crippen LogP contribution in [-0.2, 0) is 6.54 Å². The normalized spacial score (nSPS) is 12.9. The molecule has 2 N–H and O–H groups in total. The van der Waals surface area contributed by atoms with Gasteiger partial charge in [0, 0.05) is 6.54 Å². The molecule has 2 aromatic heterocycles. The molecule has 6 heteroatoms. The quantitative estimate of drug-likeness (QED) is 0.865. The topological polar surface area (TPSA) is 69.5 Å². The fourth-order valence-electron chi connectivity index (χ4n) is 2.08. The lowest BCUT2D eigenvalue weighted by Crippen LogP contribution is -2.23. The minimum atomic E-state index is -0.386. The summed E-state index contributed by atoms with van der Waals surface area (Å²) in [7, 11) is 5.67. The number of nitrogens with two attached hydrogens (primary N) is 1. The zero-order valence-corrected chi connectivity index (χ0v) is 12.5. The molecule has 1 atom stereocenters. The smallest absolute Gasteiger partial charge is 0.162 e. The van der Waals surface area contributed by atoms with Crippen molar-refractivity contribution in [1.82, 2.24) is 14.7 Å². The monoisotopic (exact) mass is 278 g/mol. The number of furan rings is 1. The molecule has 6 nitrogen and oxygen atoms in total. The molecule has 1 unspecified atom stereocenters. The SMILES string of the molecule is COc1cnn(CCN(C)C)c1C(N)c1ccc(C)o1. The standard InChI is InChI=1S/C14H22N4O2/c1-10-5-6-11(20-10)13(15)14-12(19-4)9-16-18(14)8-7-17(2)3/h5-6,9,13H,7-8,15H2,1-4H3. The summed E-state index contributed by atoms with van der Waals surface area (Å²) in [5.41, 5.74) is 7.15. The van der Waals surface area contributed by atoms with E-state index in [1.165, 1.54) is 0 Å². The maximum atomic E-state index is 6.31. The summed E-state index contributed by atoms with van der Waals surface area (Å²) in [6.45, 7) is 3.53. The minimum absolute atomic E-state index is 0.386. The first kappa shape index (κ1) is 14.6. The summed E-state index contributed by atoms with van der Waals surface area (Å²) < 4.78 is 12.9. The van der Waals surface area contributed by atoms with Gasteiger partial charge in [0.15, 0.2) is 5.75 Å². The second-order valence-electron chi connectivity index (χ2n) is 5.05. The first-order valence-corrected chi connectivity index (χ1v) is 6.59. The van der Waals surface area contributed by atoms with Gasteiger partial charge in [-0.3, -0.25) is 4.68 Å². The molecule has 2 aromatic rings. The maximum absolute atomic E-state index is 6.31. The van der Waals surface area contributed by atoms with E-state index in [0.29, 0.717) is 11.5 Å². The van der Waals surface area contributed by atoms with Gasteiger partial charge >= 0.3 is 0 Å². The van der Waals surface area contributed by atoms with Crippen LogP contribution >= 0.6 is 0 Å². The van der Waals surface area contributed by atoms with Gasteiger partial charge in [-0.1, -0.05) is 0 Å². The highest BCUT2D eigenvalue weighted by molar-refractivity contribution is 5.33. The summed E-state index contributed by atoms with van der Waals surface area (Å²) in [5, 5.41) is 4.36. The van der Waals surface area contributed by atoms with Gasteiger partial charge < -0.3 is 19.8 Å². The zero-order chi connectivity index (χ0) is 14.7. The van der Waals surface area contributed by atoms with Gasteiger partial charge in [-0.25, -0.2) is 0 Å². The van der Waals surface area contributed by atoms with E-state index in [1.807, 2.05) is 37.8 Å². The second-order valence-corrected chi connectivity index (χ2v) is 5.05. The zero-order valence-electron chi connectivity index (χ0n) is 12.5. The van der Waals surface area contributed by atoms with Gasteiger partial charge in [0.2, 0.25) is 0 Å². The Morgan fingerprint density at radius 3 is 2.75 bits per heavy atom. The van der Waals surface area contributed by atoms with Gasteiger partial charge in [-0.15, -0.1) is 0 Å². The van der Waals surface area contributed by atoms with Crippen LogP contribution in [-0.4, -0.2) is 42.4 Å². The van der Waals surface area contributed by atoms with E-state index in [2.05, 4.69) is 10.00 Å². The van der Waals surface area contributed by atoms with E-state index in [-0.39, 0.29) is 6.04 Å². The molecule has 0 spiro atoms. The van der Waals surface area contributed by atoms with Crippen LogP contribution in [0.3, 0.4) is 0 Å². The Labute approximate surface area is 119 Å². The molecule has 0 amide bonds. The summed E-state index contributed by atoms with van der Waals surface area (Å²) in [4.78, 5) is 2.10. The Morgan fingerprint density at radius 2 is 2.20 bits per heavy atom. The lowest BCUT2D eigenvalue weighted by atomic mass is 10.1. The molecule has 0 aliphatic heterocycles. The molecule has 110 valence electrons. The Kier molecular flexibility index (Phi) is 4.46. The van der Waals surface area contributed by atoms with Crippen molar-refractivity contribution in [2.45, 2.75) is 19.5 Å². The number of rotatable bonds is 6. The third kappa shape index (κ3) is 3.02. The Morgan fingerprint density at radius 1 is 1.45 bits per heavy atom. The molecule has 2 heterocycles. The third-order valence-corrected chi connectivity index (χ3v) is 3.19. The fourth-order valence-corrected chi connectivity index (χ4v) is 2.08. The predicted octanol–water partition coefficient (Wildman–Crippen LogP) is 1.40. The first-order valence-electron chi connectivity index (χ1n) is 6.59. The molecule has 0 aromatic carbocycles.